The fraction of sp³-hybridized carbons (Fsp3) is 0.727. The van der Waals surface area contributed by atoms with E-state index in [2.05, 4.69) is 20.8 Å². The predicted molar refractivity (Wildman–Crippen MR) is 56.5 cm³/mol. The molecule has 76 valence electrons. The van der Waals surface area contributed by atoms with Gasteiger partial charge in [-0.1, -0.05) is 20.8 Å². The summed E-state index contributed by atoms with van der Waals surface area (Å²) in [5, 5.41) is 0. The van der Waals surface area contributed by atoms with Crippen molar-refractivity contribution in [3.63, 3.8) is 0 Å². The zero-order valence-corrected chi connectivity index (χ0v) is 9.42. The number of hydrogen-bond acceptors (Lipinski definition) is 2. The lowest BCUT2D eigenvalue weighted by Gasteiger charge is -2.18. The molecular formula is C11H21NO. The third kappa shape index (κ3) is 7.57. The molecule has 2 nitrogen and oxygen atoms in total. The summed E-state index contributed by atoms with van der Waals surface area (Å²) in [6, 6.07) is 0. The Balaban J connectivity index is 4.08. The van der Waals surface area contributed by atoms with E-state index in [1.807, 2.05) is 25.2 Å². The van der Waals surface area contributed by atoms with Crippen molar-refractivity contribution in [2.45, 2.75) is 33.6 Å². The van der Waals surface area contributed by atoms with Crippen molar-refractivity contribution in [1.29, 1.82) is 0 Å². The number of rotatable bonds is 4. The van der Waals surface area contributed by atoms with Gasteiger partial charge in [-0.25, -0.2) is 0 Å². The minimum absolute atomic E-state index is 0.300. The Morgan fingerprint density at radius 3 is 2.15 bits per heavy atom. The first-order chi connectivity index (χ1) is 5.85. The molecule has 0 aromatic heterocycles. The summed E-state index contributed by atoms with van der Waals surface area (Å²) < 4.78 is 0. The molecule has 2 heteroatoms. The molecule has 0 saturated heterocycles. The number of allylic oxidation sites excluding steroid dienone is 1. The maximum Gasteiger partial charge on any atom is 0.147 e. The highest BCUT2D eigenvalue weighted by Crippen LogP contribution is 2.22. The van der Waals surface area contributed by atoms with Gasteiger partial charge in [0.15, 0.2) is 0 Å². The molecule has 0 rings (SSSR count). The minimum atomic E-state index is 0.300. The quantitative estimate of drug-likeness (QED) is 0.493. The van der Waals surface area contributed by atoms with Crippen LogP contribution < -0.4 is 0 Å². The fourth-order valence-electron chi connectivity index (χ4n) is 1.00. The van der Waals surface area contributed by atoms with E-state index in [9.17, 15) is 4.79 Å². The Hall–Kier alpha value is -0.790. The molecule has 0 aliphatic heterocycles. The average molecular weight is 183 g/mol. The summed E-state index contributed by atoms with van der Waals surface area (Å²) >= 11 is 0. The smallest absolute Gasteiger partial charge is 0.147 e. The van der Waals surface area contributed by atoms with Crippen molar-refractivity contribution in [1.82, 2.24) is 4.90 Å². The Kier molecular flexibility index (Phi) is 4.74. The second-order valence-corrected chi connectivity index (χ2v) is 4.85. The molecule has 0 N–H and O–H groups in total. The van der Waals surface area contributed by atoms with E-state index in [-0.39, 0.29) is 0 Å². The van der Waals surface area contributed by atoms with E-state index < -0.39 is 0 Å². The zero-order chi connectivity index (χ0) is 10.5. The Labute approximate surface area is 81.6 Å². The van der Waals surface area contributed by atoms with Crippen LogP contribution in [0.1, 0.15) is 33.6 Å². The molecule has 0 amide bonds. The SMILES string of the molecule is CN(C)C=C(C=O)CCC(C)(C)C. The molecule has 0 heterocycles. The third-order valence-electron chi connectivity index (χ3n) is 1.74. The summed E-state index contributed by atoms with van der Waals surface area (Å²) in [5.41, 5.74) is 1.17. The molecule has 0 unspecified atom stereocenters. The van der Waals surface area contributed by atoms with Gasteiger partial charge in [0.2, 0.25) is 0 Å². The van der Waals surface area contributed by atoms with Gasteiger partial charge in [-0.2, -0.15) is 0 Å². The van der Waals surface area contributed by atoms with Gasteiger partial charge < -0.3 is 4.90 Å². The van der Waals surface area contributed by atoms with Crippen LogP contribution in [-0.2, 0) is 4.79 Å². The number of aldehydes is 1. The Bertz CT molecular complexity index is 187. The van der Waals surface area contributed by atoms with Crippen molar-refractivity contribution in [2.75, 3.05) is 14.1 Å². The van der Waals surface area contributed by atoms with E-state index in [1.54, 1.807) is 0 Å². The molecule has 0 fully saturated rings. The van der Waals surface area contributed by atoms with E-state index in [4.69, 9.17) is 0 Å². The molecule has 0 atom stereocenters. The number of carbonyl (C=O) groups excluding carboxylic acids is 1. The maximum atomic E-state index is 10.7. The van der Waals surface area contributed by atoms with E-state index in [0.717, 1.165) is 24.7 Å². The van der Waals surface area contributed by atoms with Crippen LogP contribution in [-0.4, -0.2) is 25.3 Å². The second kappa shape index (κ2) is 5.05. The van der Waals surface area contributed by atoms with Crippen LogP contribution in [0, 0.1) is 5.41 Å². The second-order valence-electron chi connectivity index (χ2n) is 4.85. The molecule has 0 aromatic carbocycles. The summed E-state index contributed by atoms with van der Waals surface area (Å²) in [6.07, 6.45) is 4.75. The third-order valence-corrected chi connectivity index (χ3v) is 1.74. The Morgan fingerprint density at radius 2 is 1.85 bits per heavy atom. The molecule has 0 aliphatic rings. The van der Waals surface area contributed by atoms with Crippen LogP contribution in [0.3, 0.4) is 0 Å². The lowest BCUT2D eigenvalue weighted by molar-refractivity contribution is -0.105. The number of nitrogens with zero attached hydrogens (tertiary/aromatic N) is 1. The summed E-state index contributed by atoms with van der Waals surface area (Å²) in [7, 11) is 3.86. The predicted octanol–water partition coefficient (Wildman–Crippen LogP) is 2.46. The van der Waals surface area contributed by atoms with E-state index >= 15 is 0 Å². The monoisotopic (exact) mass is 183 g/mol. The zero-order valence-electron chi connectivity index (χ0n) is 9.42. The normalized spacial score (nSPS) is 12.8. The van der Waals surface area contributed by atoms with Crippen LogP contribution in [0.5, 0.6) is 0 Å². The first-order valence-electron chi connectivity index (χ1n) is 4.67. The van der Waals surface area contributed by atoms with Gasteiger partial charge in [0, 0.05) is 25.9 Å². The fourth-order valence-corrected chi connectivity index (χ4v) is 1.00. The highest BCUT2D eigenvalue weighted by Gasteiger charge is 2.10. The highest BCUT2D eigenvalue weighted by molar-refractivity contribution is 5.72. The summed E-state index contributed by atoms with van der Waals surface area (Å²) in [6.45, 7) is 6.56. The van der Waals surface area contributed by atoms with Gasteiger partial charge >= 0.3 is 0 Å². The summed E-state index contributed by atoms with van der Waals surface area (Å²) in [5.74, 6) is 0. The standard InChI is InChI=1S/C11H21NO/c1-11(2,3)7-6-10(9-13)8-12(4)5/h8-9H,6-7H2,1-5H3. The molecular weight excluding hydrogens is 162 g/mol. The van der Waals surface area contributed by atoms with Crippen molar-refractivity contribution in [3.05, 3.63) is 11.8 Å². The van der Waals surface area contributed by atoms with Crippen LogP contribution in [0.15, 0.2) is 11.8 Å². The molecule has 0 aliphatic carbocycles. The largest absolute Gasteiger partial charge is 0.383 e. The molecule has 0 radical (unpaired) electrons. The Morgan fingerprint density at radius 1 is 1.31 bits per heavy atom. The van der Waals surface area contributed by atoms with Gasteiger partial charge in [-0.15, -0.1) is 0 Å². The minimum Gasteiger partial charge on any atom is -0.383 e. The number of carbonyl (C=O) groups is 1. The topological polar surface area (TPSA) is 20.3 Å². The highest BCUT2D eigenvalue weighted by atomic mass is 16.1. The first kappa shape index (κ1) is 12.2. The van der Waals surface area contributed by atoms with Crippen molar-refractivity contribution < 1.29 is 4.79 Å². The summed E-state index contributed by atoms with van der Waals surface area (Å²) in [4.78, 5) is 12.6. The maximum absolute atomic E-state index is 10.7. The lowest BCUT2D eigenvalue weighted by atomic mass is 9.89. The van der Waals surface area contributed by atoms with E-state index in [1.165, 1.54) is 0 Å². The molecule has 0 bridgehead atoms. The molecule has 0 saturated carbocycles. The molecule has 13 heavy (non-hydrogen) atoms. The van der Waals surface area contributed by atoms with Crippen molar-refractivity contribution >= 4 is 6.29 Å². The van der Waals surface area contributed by atoms with Crippen molar-refractivity contribution in [3.8, 4) is 0 Å². The van der Waals surface area contributed by atoms with Gasteiger partial charge in [-0.05, 0) is 18.3 Å². The van der Waals surface area contributed by atoms with Gasteiger partial charge in [-0.3, -0.25) is 4.79 Å². The van der Waals surface area contributed by atoms with Gasteiger partial charge in [0.05, 0.1) is 0 Å². The molecule has 0 spiro atoms. The van der Waals surface area contributed by atoms with Crippen molar-refractivity contribution in [2.24, 2.45) is 5.41 Å². The van der Waals surface area contributed by atoms with E-state index in [0.29, 0.717) is 5.41 Å². The number of hydrogen-bond donors (Lipinski definition) is 0. The van der Waals surface area contributed by atoms with Gasteiger partial charge in [0.25, 0.3) is 0 Å². The van der Waals surface area contributed by atoms with Crippen LogP contribution >= 0.6 is 0 Å². The van der Waals surface area contributed by atoms with Crippen LogP contribution in [0.2, 0.25) is 0 Å². The van der Waals surface area contributed by atoms with Crippen LogP contribution in [0.25, 0.3) is 0 Å². The lowest BCUT2D eigenvalue weighted by Crippen LogP contribution is -2.08. The first-order valence-corrected chi connectivity index (χ1v) is 4.67. The van der Waals surface area contributed by atoms with Gasteiger partial charge in [0.1, 0.15) is 6.29 Å². The average Bonchev–Trinajstić information content (AvgIpc) is 1.95. The van der Waals surface area contributed by atoms with Crippen LogP contribution in [0.4, 0.5) is 0 Å². The molecule has 0 aromatic rings.